The zero-order chi connectivity index (χ0) is 50.0. The zero-order valence-electron chi connectivity index (χ0n) is 41.8. The van der Waals surface area contributed by atoms with Crippen LogP contribution in [0.3, 0.4) is 0 Å². The standard InChI is InChI=1S/C56H76F6NP2S2Si2/c1-7-13-40-68(41-14-8-2,42-15-9-3)49-36-32-47(33-37-49)65(46-26-20-19-21-27-46,48-34-38-50(39-35-48)69(43-16-10-4,44-17-11-5)45-18-12-6)63-64(51-28-22-24-30-53(51)66-55(57,58)59)52-29-23-25-31-54(52)67-56(60,61)62/h19-39,63H,7-18,40-45H2,1-6H3/q+1. The van der Waals surface area contributed by atoms with E-state index in [9.17, 15) is 26.3 Å². The molecular weight excluding hydrogens is 983 g/mol. The van der Waals surface area contributed by atoms with Gasteiger partial charge in [0.1, 0.15) is 15.9 Å². The quantitative estimate of drug-likeness (QED) is 0.0222. The minimum atomic E-state index is -4.62. The Morgan fingerprint density at radius 2 is 0.696 bits per heavy atom. The number of halogens is 6. The summed E-state index contributed by atoms with van der Waals surface area (Å²) < 4.78 is 87.4. The van der Waals surface area contributed by atoms with Gasteiger partial charge in [-0.1, -0.05) is 244 Å². The fourth-order valence-corrected chi connectivity index (χ4v) is 30.7. The van der Waals surface area contributed by atoms with Crippen LogP contribution in [0.5, 0.6) is 0 Å². The number of hydrogen-bond donors (Lipinski definition) is 1. The molecule has 0 unspecified atom stereocenters. The van der Waals surface area contributed by atoms with Crippen LogP contribution >= 0.6 is 39.0 Å². The van der Waals surface area contributed by atoms with Gasteiger partial charge in [-0.3, -0.25) is 0 Å². The van der Waals surface area contributed by atoms with E-state index in [1.165, 1.54) is 97.3 Å². The van der Waals surface area contributed by atoms with Crippen LogP contribution < -0.4 is 41.8 Å². The summed E-state index contributed by atoms with van der Waals surface area (Å²) in [5, 5.41) is 6.57. The number of hydrogen-bond acceptors (Lipinski definition) is 3. The van der Waals surface area contributed by atoms with Crippen LogP contribution in [0.1, 0.15) is 119 Å². The molecule has 5 aromatic rings. The van der Waals surface area contributed by atoms with Gasteiger partial charge in [-0.15, -0.1) is 4.86 Å². The summed E-state index contributed by atoms with van der Waals surface area (Å²) in [6.07, 6.45) is 13.9. The van der Waals surface area contributed by atoms with Crippen LogP contribution in [0.2, 0.25) is 36.3 Å². The number of thioether (sulfide) groups is 2. The minimum absolute atomic E-state index is 0.0237. The van der Waals surface area contributed by atoms with Crippen molar-refractivity contribution in [2.24, 2.45) is 0 Å². The molecular formula is C56H76F6NP2S2Si2+. The molecule has 0 heterocycles. The Hall–Kier alpha value is -2.37. The molecule has 0 aliphatic heterocycles. The van der Waals surface area contributed by atoms with Gasteiger partial charge in [0.15, 0.2) is 7.41 Å². The molecule has 0 aromatic heterocycles. The molecule has 0 spiro atoms. The summed E-state index contributed by atoms with van der Waals surface area (Å²) in [6, 6.07) is 49.0. The van der Waals surface area contributed by atoms with Crippen LogP contribution in [0.4, 0.5) is 26.3 Å². The fraction of sp³-hybridized carbons (Fsp3) is 0.464. The third kappa shape index (κ3) is 15.6. The first-order chi connectivity index (χ1) is 33.1. The van der Waals surface area contributed by atoms with Gasteiger partial charge in [0.05, 0.1) is 24.2 Å². The molecule has 13 heteroatoms. The van der Waals surface area contributed by atoms with Gasteiger partial charge in [0.25, 0.3) is 0 Å². The van der Waals surface area contributed by atoms with E-state index in [1.807, 2.05) is 18.2 Å². The highest BCUT2D eigenvalue weighted by molar-refractivity contribution is 8.03. The first-order valence-electron chi connectivity index (χ1n) is 25.6. The maximum atomic E-state index is 14.6. The predicted octanol–water partition coefficient (Wildman–Crippen LogP) is 16.9. The highest BCUT2D eigenvalue weighted by atomic mass is 32.2. The molecule has 0 atom stereocenters. The molecule has 5 rings (SSSR count). The van der Waals surface area contributed by atoms with Gasteiger partial charge in [-0.2, -0.15) is 26.3 Å². The van der Waals surface area contributed by atoms with Crippen molar-refractivity contribution >= 4 is 92.1 Å². The summed E-state index contributed by atoms with van der Waals surface area (Å²) in [5.74, 6) is 0. The first kappa shape index (κ1) is 57.5. The molecule has 1 nitrogen and oxygen atoms in total. The Morgan fingerprint density at radius 1 is 0.406 bits per heavy atom. The average Bonchev–Trinajstić information content (AvgIpc) is 3.34. The van der Waals surface area contributed by atoms with Crippen molar-refractivity contribution in [3.8, 4) is 0 Å². The third-order valence-corrected chi connectivity index (χ3v) is 33.7. The topological polar surface area (TPSA) is 12.0 Å². The number of unbranched alkanes of at least 4 members (excludes halogenated alkanes) is 6. The lowest BCUT2D eigenvalue weighted by molar-refractivity contribution is -0.0336. The Labute approximate surface area is 423 Å². The molecule has 5 aromatic carbocycles. The van der Waals surface area contributed by atoms with E-state index < -0.39 is 42.6 Å². The normalized spacial score (nSPS) is 12.8. The van der Waals surface area contributed by atoms with Crippen LogP contribution in [0, 0.1) is 0 Å². The number of nitrogens with one attached hydrogen (secondary N) is 1. The monoisotopic (exact) mass is 1060 g/mol. The summed E-state index contributed by atoms with van der Waals surface area (Å²) >= 11 is -0.401. The Kier molecular flexibility index (Phi) is 23.0. The molecule has 0 aliphatic rings. The molecule has 0 amide bonds. The maximum Gasteiger partial charge on any atom is 0.446 e. The van der Waals surface area contributed by atoms with Crippen molar-refractivity contribution in [2.75, 3.05) is 0 Å². The smallest absolute Gasteiger partial charge is 0.160 e. The lowest BCUT2D eigenvalue weighted by Gasteiger charge is -2.36. The van der Waals surface area contributed by atoms with Crippen molar-refractivity contribution < 1.29 is 26.3 Å². The number of alkyl halides is 6. The average molecular weight is 1060 g/mol. The van der Waals surface area contributed by atoms with Crippen LogP contribution in [0.15, 0.2) is 137 Å². The molecule has 0 fully saturated rings. The van der Waals surface area contributed by atoms with E-state index in [2.05, 4.69) is 107 Å². The SMILES string of the molecule is CCCC[Si](CCCC)(CCCC)c1ccc([P+](NP(c2ccccc2SC(F)(F)F)c2ccccc2SC(F)(F)F)(c2ccccc2)c2ccc([Si](CCCC)(CCCC)CCCC)cc2)cc1. The van der Waals surface area contributed by atoms with Crippen LogP contribution in [-0.2, 0) is 0 Å². The summed E-state index contributed by atoms with van der Waals surface area (Å²) in [7, 11) is -9.12. The second-order valence-electron chi connectivity index (χ2n) is 18.7. The van der Waals surface area contributed by atoms with E-state index in [0.717, 1.165) is 54.4 Å². The van der Waals surface area contributed by atoms with Gasteiger partial charge >= 0.3 is 11.0 Å². The lowest BCUT2D eigenvalue weighted by Crippen LogP contribution is -2.49. The molecule has 69 heavy (non-hydrogen) atoms. The van der Waals surface area contributed by atoms with Crippen molar-refractivity contribution in [3.05, 3.63) is 127 Å². The van der Waals surface area contributed by atoms with Crippen molar-refractivity contribution in [2.45, 2.75) is 176 Å². The minimum Gasteiger partial charge on any atom is -0.160 e. The van der Waals surface area contributed by atoms with Crippen molar-refractivity contribution in [1.29, 1.82) is 0 Å². The Morgan fingerprint density at radius 3 is 1.00 bits per heavy atom. The van der Waals surface area contributed by atoms with Crippen molar-refractivity contribution in [3.63, 3.8) is 0 Å². The summed E-state index contributed by atoms with van der Waals surface area (Å²) in [4.78, 5) is 4.11. The lowest BCUT2D eigenvalue weighted by atomic mass is 10.3. The third-order valence-electron chi connectivity index (χ3n) is 13.8. The van der Waals surface area contributed by atoms with Crippen LogP contribution in [-0.4, -0.2) is 27.2 Å². The molecule has 0 radical (unpaired) electrons. The molecule has 0 saturated heterocycles. The van der Waals surface area contributed by atoms with Gasteiger partial charge in [0.2, 0.25) is 0 Å². The first-order valence-corrected chi connectivity index (χ1v) is 35.6. The second-order valence-corrected chi connectivity index (χ2v) is 35.6. The van der Waals surface area contributed by atoms with E-state index >= 15 is 0 Å². The fourth-order valence-electron chi connectivity index (χ4n) is 10.1. The second kappa shape index (κ2) is 27.6. The van der Waals surface area contributed by atoms with E-state index in [0.29, 0.717) is 10.6 Å². The zero-order valence-corrected chi connectivity index (χ0v) is 47.3. The van der Waals surface area contributed by atoms with Gasteiger partial charge in [-0.25, -0.2) is 0 Å². The molecule has 1 N–H and O–H groups in total. The molecule has 0 bridgehead atoms. The Balaban J connectivity index is 1.91. The van der Waals surface area contributed by atoms with Gasteiger partial charge in [0, 0.05) is 20.4 Å². The summed E-state index contributed by atoms with van der Waals surface area (Å²) in [6.45, 7) is 13.6. The number of rotatable bonds is 29. The molecule has 0 aliphatic carbocycles. The molecule has 376 valence electrons. The number of benzene rings is 5. The van der Waals surface area contributed by atoms with Crippen LogP contribution in [0.25, 0.3) is 0 Å². The maximum absolute atomic E-state index is 14.6. The van der Waals surface area contributed by atoms with E-state index in [-0.39, 0.29) is 33.3 Å². The largest absolute Gasteiger partial charge is 0.446 e. The highest BCUT2D eigenvalue weighted by Crippen LogP contribution is 2.59. The highest BCUT2D eigenvalue weighted by Gasteiger charge is 2.50. The Bertz CT molecular complexity index is 2080. The predicted molar refractivity (Wildman–Crippen MR) is 300 cm³/mol. The van der Waals surface area contributed by atoms with Gasteiger partial charge in [-0.05, 0) is 72.1 Å². The van der Waals surface area contributed by atoms with Crippen molar-refractivity contribution in [1.82, 2.24) is 4.86 Å². The van der Waals surface area contributed by atoms with E-state index in [1.54, 1.807) is 36.4 Å². The summed E-state index contributed by atoms with van der Waals surface area (Å²) in [5.41, 5.74) is -9.25. The molecule has 0 saturated carbocycles. The van der Waals surface area contributed by atoms with Gasteiger partial charge < -0.3 is 0 Å². The van der Waals surface area contributed by atoms with E-state index in [4.69, 9.17) is 0 Å².